The highest BCUT2D eigenvalue weighted by molar-refractivity contribution is 6.00. The quantitative estimate of drug-likeness (QED) is 0.0728. The van der Waals surface area contributed by atoms with Gasteiger partial charge >= 0.3 is 0 Å². The Hall–Kier alpha value is -11.8. The summed E-state index contributed by atoms with van der Waals surface area (Å²) >= 11 is 0. The average molecular weight is 1300 g/mol. The second kappa shape index (κ2) is 26.1. The summed E-state index contributed by atoms with van der Waals surface area (Å²) < 4.78 is 46.9. The van der Waals surface area contributed by atoms with E-state index >= 15 is 0 Å². The van der Waals surface area contributed by atoms with Crippen LogP contribution in [-0.2, 0) is 5.41 Å². The van der Waals surface area contributed by atoms with Crippen LogP contribution in [0.2, 0.25) is 0 Å². The number of rotatable bonds is 20. The molecular formula is C86H78N4O8. The molecule has 0 unspecified atom stereocenters. The summed E-state index contributed by atoms with van der Waals surface area (Å²) in [5.41, 5.74) is 24.4. The minimum Gasteiger partial charge on any atom is -0.497 e. The Morgan fingerprint density at radius 2 is 0.367 bits per heavy atom. The van der Waals surface area contributed by atoms with Crippen LogP contribution in [-0.4, -0.2) is 56.9 Å². The maximum atomic E-state index is 5.92. The lowest BCUT2D eigenvalue weighted by Crippen LogP contribution is -2.27. The van der Waals surface area contributed by atoms with Gasteiger partial charge in [0.05, 0.1) is 62.3 Å². The van der Waals surface area contributed by atoms with Crippen LogP contribution in [0.25, 0.3) is 22.3 Å². The van der Waals surface area contributed by atoms with Gasteiger partial charge < -0.3 is 57.5 Å². The molecule has 0 amide bonds. The van der Waals surface area contributed by atoms with E-state index in [9.17, 15) is 0 Å². The molecule has 12 aromatic rings. The number of anilines is 12. The Morgan fingerprint density at radius 3 is 0.551 bits per heavy atom. The highest BCUT2D eigenvalue weighted by Crippen LogP contribution is 2.66. The number of hydrogen-bond acceptors (Lipinski definition) is 12. The first kappa shape index (κ1) is 63.6. The van der Waals surface area contributed by atoms with Crippen LogP contribution in [0.5, 0.6) is 46.0 Å². The van der Waals surface area contributed by atoms with Gasteiger partial charge in [0.25, 0.3) is 0 Å². The van der Waals surface area contributed by atoms with Gasteiger partial charge in [-0.2, -0.15) is 0 Å². The number of fused-ring (bicyclic) bond motifs is 10. The Kier molecular flexibility index (Phi) is 16.9. The lowest BCUT2D eigenvalue weighted by molar-refractivity contribution is 0.411. The minimum atomic E-state index is -1.03. The van der Waals surface area contributed by atoms with E-state index < -0.39 is 5.41 Å². The molecule has 12 nitrogen and oxygen atoms in total. The van der Waals surface area contributed by atoms with Crippen LogP contribution in [0.1, 0.15) is 50.1 Å². The van der Waals surface area contributed by atoms with Crippen molar-refractivity contribution in [3.63, 3.8) is 0 Å². The van der Waals surface area contributed by atoms with E-state index in [4.69, 9.17) is 37.9 Å². The summed E-state index contributed by atoms with van der Waals surface area (Å²) in [5.74, 6) is 6.30. The van der Waals surface area contributed by atoms with Crippen LogP contribution in [0.4, 0.5) is 68.2 Å². The third-order valence-electron chi connectivity index (χ3n) is 19.4. The zero-order valence-corrected chi connectivity index (χ0v) is 57.6. The molecular weight excluding hydrogens is 1220 g/mol. The van der Waals surface area contributed by atoms with Crippen LogP contribution in [0, 0.1) is 34.6 Å². The zero-order valence-electron chi connectivity index (χ0n) is 57.6. The lowest BCUT2D eigenvalue weighted by atomic mass is 9.70. The van der Waals surface area contributed by atoms with Crippen molar-refractivity contribution in [1.82, 2.24) is 0 Å². The van der Waals surface area contributed by atoms with Crippen molar-refractivity contribution in [2.45, 2.75) is 40.0 Å². The first-order chi connectivity index (χ1) is 47.7. The van der Waals surface area contributed by atoms with E-state index in [1.165, 1.54) is 0 Å². The normalized spacial score (nSPS) is 12.0. The Balaban J connectivity index is 1.12. The van der Waals surface area contributed by atoms with E-state index in [0.717, 1.165) is 187 Å². The number of methoxy groups -OCH3 is 8. The molecule has 1 spiro atoms. The number of hydrogen-bond donors (Lipinski definition) is 0. The molecule has 12 aromatic carbocycles. The highest BCUT2D eigenvalue weighted by Gasteiger charge is 2.53. The summed E-state index contributed by atoms with van der Waals surface area (Å²) in [6.07, 6.45) is 0. The van der Waals surface area contributed by atoms with Gasteiger partial charge in [0.2, 0.25) is 0 Å². The fourth-order valence-electron chi connectivity index (χ4n) is 14.7. The summed E-state index contributed by atoms with van der Waals surface area (Å²) in [4.78, 5) is 9.38. The van der Waals surface area contributed by atoms with Gasteiger partial charge in [0.1, 0.15) is 46.0 Å². The standard InChI is InChI=1S/C86H78N4O8/c1-53-44-61(24-39-81(53)94-9)87(58-14-29-70(91-6)30-15-58)66-20-35-73-74-36-21-67(88(59-16-31-71(92-7)32-17-59)62-25-40-82(95-10)54(2)45-62)50-78(74)86(77(73)49-66)79-51-68(89(60-18-33-72(93-8)34-19-60)63-26-41-83(96-11)55(3)46-63)22-37-75(79)76-38-23-69(52-80(76)86)90(64-27-42-84(97-12)56(4)47-64)65-28-43-85(98-13)57(5)48-65/h14-52H,1-13H3. The maximum Gasteiger partial charge on any atom is 0.121 e. The smallest absolute Gasteiger partial charge is 0.121 e. The van der Waals surface area contributed by atoms with E-state index in [1.54, 1.807) is 56.9 Å². The largest absolute Gasteiger partial charge is 0.497 e. The first-order valence-electron chi connectivity index (χ1n) is 32.7. The second-order valence-corrected chi connectivity index (χ2v) is 24.9. The minimum absolute atomic E-state index is 0.759. The molecule has 0 aliphatic heterocycles. The fourth-order valence-corrected chi connectivity index (χ4v) is 14.7. The molecule has 0 saturated heterocycles. The van der Waals surface area contributed by atoms with E-state index in [-0.39, 0.29) is 0 Å². The van der Waals surface area contributed by atoms with Crippen molar-refractivity contribution in [1.29, 1.82) is 0 Å². The summed E-state index contributed by atoms with van der Waals surface area (Å²) in [6.45, 7) is 10.5. The molecule has 0 N–H and O–H groups in total. The van der Waals surface area contributed by atoms with Gasteiger partial charge in [-0.15, -0.1) is 0 Å². The van der Waals surface area contributed by atoms with Crippen LogP contribution in [0.15, 0.2) is 237 Å². The molecule has 0 fully saturated rings. The number of nitrogens with zero attached hydrogens (tertiary/aromatic N) is 4. The van der Waals surface area contributed by atoms with Crippen LogP contribution < -0.4 is 57.5 Å². The van der Waals surface area contributed by atoms with Crippen molar-refractivity contribution in [2.75, 3.05) is 76.5 Å². The van der Waals surface area contributed by atoms with Gasteiger partial charge in [0.15, 0.2) is 0 Å². The molecule has 0 saturated carbocycles. The predicted molar refractivity (Wildman–Crippen MR) is 398 cm³/mol. The molecule has 490 valence electrons. The van der Waals surface area contributed by atoms with Crippen molar-refractivity contribution in [3.8, 4) is 68.2 Å². The molecule has 0 heterocycles. The van der Waals surface area contributed by atoms with Gasteiger partial charge in [0, 0.05) is 68.2 Å². The topological polar surface area (TPSA) is 86.8 Å². The molecule has 2 aliphatic rings. The van der Waals surface area contributed by atoms with Gasteiger partial charge in [-0.25, -0.2) is 0 Å². The third kappa shape index (κ3) is 10.9. The van der Waals surface area contributed by atoms with Crippen molar-refractivity contribution in [2.24, 2.45) is 0 Å². The molecule has 0 radical (unpaired) electrons. The Labute approximate surface area is 574 Å². The van der Waals surface area contributed by atoms with E-state index in [2.05, 4.69) is 254 Å². The number of benzene rings is 12. The second-order valence-electron chi connectivity index (χ2n) is 24.9. The van der Waals surface area contributed by atoms with Gasteiger partial charge in [-0.1, -0.05) is 24.3 Å². The third-order valence-corrected chi connectivity index (χ3v) is 19.4. The maximum absolute atomic E-state index is 5.92. The van der Waals surface area contributed by atoms with Gasteiger partial charge in [-0.05, 0) is 319 Å². The molecule has 2 aliphatic carbocycles. The van der Waals surface area contributed by atoms with Crippen LogP contribution in [0.3, 0.4) is 0 Å². The van der Waals surface area contributed by atoms with Gasteiger partial charge in [-0.3, -0.25) is 0 Å². The zero-order chi connectivity index (χ0) is 68.1. The first-order valence-corrected chi connectivity index (χ1v) is 32.7. The molecule has 0 aromatic heterocycles. The molecule has 98 heavy (non-hydrogen) atoms. The number of ether oxygens (including phenoxy) is 8. The predicted octanol–water partition coefficient (Wildman–Crippen LogP) is 21.5. The monoisotopic (exact) mass is 1290 g/mol. The van der Waals surface area contributed by atoms with E-state index in [0.29, 0.717) is 0 Å². The highest BCUT2D eigenvalue weighted by atomic mass is 16.5. The number of aryl methyl sites for hydroxylation is 5. The average Bonchev–Trinajstić information content (AvgIpc) is 1.50. The lowest BCUT2D eigenvalue weighted by Gasteiger charge is -2.35. The molecule has 0 bridgehead atoms. The fraction of sp³-hybridized carbons (Fsp3) is 0.163. The van der Waals surface area contributed by atoms with Crippen molar-refractivity contribution < 1.29 is 37.9 Å². The summed E-state index contributed by atoms with van der Waals surface area (Å²) in [7, 11) is 13.7. The Bertz CT molecular complexity index is 4640. The molecule has 12 heteroatoms. The summed E-state index contributed by atoms with van der Waals surface area (Å²) in [5, 5.41) is 0. The molecule has 14 rings (SSSR count). The van der Waals surface area contributed by atoms with E-state index in [1.807, 2.05) is 36.4 Å². The Morgan fingerprint density at radius 1 is 0.194 bits per heavy atom. The van der Waals surface area contributed by atoms with Crippen molar-refractivity contribution >= 4 is 68.2 Å². The SMILES string of the molecule is COc1ccc(N(c2ccc(OC)c(C)c2)c2ccc3c(c2)C2(c4cc(N(c5ccc(OC)cc5)c5ccc(OC)c(C)c5)ccc4-3)c3cc(N(c4ccc(OC)cc4)c4ccc(OC)c(C)c4)ccc3-c3ccc(N(c4ccc(OC)c(C)c4)c4ccc(OC)c(C)c4)cc32)cc1. The van der Waals surface area contributed by atoms with Crippen molar-refractivity contribution in [3.05, 3.63) is 287 Å². The summed E-state index contributed by atoms with van der Waals surface area (Å²) in [6, 6.07) is 85.1. The molecule has 0 atom stereocenters. The van der Waals surface area contributed by atoms with Crippen LogP contribution >= 0.6 is 0 Å².